The molecule has 0 spiro atoms. The molecule has 0 saturated carbocycles. The summed E-state index contributed by atoms with van der Waals surface area (Å²) in [5.41, 5.74) is 0. The standard InChI is InChI=1S/C17H34O2/c1-19-17-15-13-11-9-7-5-3-2-4-6-8-10-12-14-16-18/h16H,2-15,17H2,1H3. The molecule has 0 saturated heterocycles. The SMILES string of the molecule is COCCCCCCCCCCCCCCCC=O. The highest BCUT2D eigenvalue weighted by atomic mass is 16.5. The fourth-order valence-electron chi connectivity index (χ4n) is 2.42. The second-order valence-corrected chi connectivity index (χ2v) is 5.54. The van der Waals surface area contributed by atoms with Crippen molar-refractivity contribution in [2.75, 3.05) is 13.7 Å². The maximum absolute atomic E-state index is 10.1. The Morgan fingerprint density at radius 1 is 0.632 bits per heavy atom. The highest BCUT2D eigenvalue weighted by Gasteiger charge is 1.94. The highest BCUT2D eigenvalue weighted by Crippen LogP contribution is 2.12. The monoisotopic (exact) mass is 270 g/mol. The van der Waals surface area contributed by atoms with E-state index in [-0.39, 0.29) is 0 Å². The third-order valence-electron chi connectivity index (χ3n) is 3.67. The van der Waals surface area contributed by atoms with Crippen LogP contribution < -0.4 is 0 Å². The number of methoxy groups -OCH3 is 1. The van der Waals surface area contributed by atoms with Crippen molar-refractivity contribution in [2.45, 2.75) is 89.9 Å². The summed E-state index contributed by atoms with van der Waals surface area (Å²) in [6, 6.07) is 0. The summed E-state index contributed by atoms with van der Waals surface area (Å²) in [5, 5.41) is 0. The Hall–Kier alpha value is -0.370. The van der Waals surface area contributed by atoms with Crippen LogP contribution in [0.25, 0.3) is 0 Å². The summed E-state index contributed by atoms with van der Waals surface area (Å²) < 4.78 is 5.04. The maximum atomic E-state index is 10.1. The first-order valence-electron chi connectivity index (χ1n) is 8.34. The van der Waals surface area contributed by atoms with E-state index in [2.05, 4.69) is 0 Å². The number of hydrogen-bond donors (Lipinski definition) is 0. The molecule has 114 valence electrons. The molecule has 0 rings (SSSR count). The van der Waals surface area contributed by atoms with Gasteiger partial charge < -0.3 is 9.53 Å². The molecule has 0 aliphatic carbocycles. The predicted octanol–water partition coefficient (Wildman–Crippen LogP) is 5.29. The molecule has 0 aliphatic heterocycles. The lowest BCUT2D eigenvalue weighted by Crippen LogP contribution is -1.88. The number of carbonyl (C=O) groups is 1. The van der Waals surface area contributed by atoms with Crippen LogP contribution in [-0.2, 0) is 9.53 Å². The maximum Gasteiger partial charge on any atom is 0.119 e. The topological polar surface area (TPSA) is 26.3 Å². The zero-order chi connectivity index (χ0) is 14.0. The van der Waals surface area contributed by atoms with Crippen molar-refractivity contribution in [2.24, 2.45) is 0 Å². The third-order valence-corrected chi connectivity index (χ3v) is 3.67. The van der Waals surface area contributed by atoms with Crippen molar-refractivity contribution in [3.8, 4) is 0 Å². The highest BCUT2D eigenvalue weighted by molar-refractivity contribution is 5.48. The summed E-state index contributed by atoms with van der Waals surface area (Å²) in [7, 11) is 1.78. The number of aldehydes is 1. The van der Waals surface area contributed by atoms with Crippen molar-refractivity contribution in [3.63, 3.8) is 0 Å². The minimum Gasteiger partial charge on any atom is -0.385 e. The van der Waals surface area contributed by atoms with Gasteiger partial charge in [0, 0.05) is 20.1 Å². The van der Waals surface area contributed by atoms with E-state index in [1.807, 2.05) is 0 Å². The first kappa shape index (κ1) is 18.6. The van der Waals surface area contributed by atoms with Crippen LogP contribution in [0.4, 0.5) is 0 Å². The Kier molecular flexibility index (Phi) is 17.3. The quantitative estimate of drug-likeness (QED) is 0.281. The zero-order valence-corrected chi connectivity index (χ0v) is 13.0. The number of ether oxygens (including phenoxy) is 1. The molecule has 0 aromatic carbocycles. The number of rotatable bonds is 16. The van der Waals surface area contributed by atoms with Crippen molar-refractivity contribution in [1.29, 1.82) is 0 Å². The van der Waals surface area contributed by atoms with Crippen LogP contribution >= 0.6 is 0 Å². The van der Waals surface area contributed by atoms with E-state index in [1.165, 1.54) is 77.0 Å². The third kappa shape index (κ3) is 17.6. The van der Waals surface area contributed by atoms with E-state index in [0.717, 1.165) is 25.7 Å². The zero-order valence-electron chi connectivity index (χ0n) is 13.0. The summed E-state index contributed by atoms with van der Waals surface area (Å²) in [6.45, 7) is 0.923. The van der Waals surface area contributed by atoms with Gasteiger partial charge in [-0.05, 0) is 12.8 Å². The van der Waals surface area contributed by atoms with Crippen molar-refractivity contribution in [3.05, 3.63) is 0 Å². The van der Waals surface area contributed by atoms with E-state index < -0.39 is 0 Å². The van der Waals surface area contributed by atoms with E-state index in [4.69, 9.17) is 4.74 Å². The summed E-state index contributed by atoms with van der Waals surface area (Å²) in [5.74, 6) is 0. The van der Waals surface area contributed by atoms with Gasteiger partial charge in [-0.15, -0.1) is 0 Å². The second kappa shape index (κ2) is 17.6. The van der Waals surface area contributed by atoms with E-state index in [1.54, 1.807) is 7.11 Å². The molecule has 19 heavy (non-hydrogen) atoms. The van der Waals surface area contributed by atoms with Crippen LogP contribution in [0.5, 0.6) is 0 Å². The lowest BCUT2D eigenvalue weighted by atomic mass is 10.0. The Morgan fingerprint density at radius 2 is 1.00 bits per heavy atom. The lowest BCUT2D eigenvalue weighted by molar-refractivity contribution is -0.107. The van der Waals surface area contributed by atoms with Crippen LogP contribution in [-0.4, -0.2) is 20.0 Å². The summed E-state index contributed by atoms with van der Waals surface area (Å²) in [4.78, 5) is 10.1. The van der Waals surface area contributed by atoms with Gasteiger partial charge in [-0.3, -0.25) is 0 Å². The van der Waals surface area contributed by atoms with Crippen LogP contribution in [0.3, 0.4) is 0 Å². The molecule has 0 amide bonds. The largest absolute Gasteiger partial charge is 0.385 e. The van der Waals surface area contributed by atoms with Crippen LogP contribution in [0, 0.1) is 0 Å². The smallest absolute Gasteiger partial charge is 0.119 e. The number of hydrogen-bond acceptors (Lipinski definition) is 2. The number of unbranched alkanes of at least 4 members (excludes halogenated alkanes) is 13. The molecule has 2 heteroatoms. The molecule has 0 aromatic rings. The van der Waals surface area contributed by atoms with Gasteiger partial charge in [0.15, 0.2) is 0 Å². The van der Waals surface area contributed by atoms with Gasteiger partial charge in [0.05, 0.1) is 0 Å². The molecule has 0 N–H and O–H groups in total. The van der Waals surface area contributed by atoms with E-state index >= 15 is 0 Å². The Balaban J connectivity index is 2.89. The molecular formula is C17H34O2. The molecule has 0 aliphatic rings. The van der Waals surface area contributed by atoms with Gasteiger partial charge in [-0.2, -0.15) is 0 Å². The molecule has 0 fully saturated rings. The lowest BCUT2D eigenvalue weighted by Gasteiger charge is -2.03. The fourth-order valence-corrected chi connectivity index (χ4v) is 2.42. The minimum atomic E-state index is 0.754. The average molecular weight is 270 g/mol. The van der Waals surface area contributed by atoms with Gasteiger partial charge in [0.25, 0.3) is 0 Å². The Labute approximate surface area is 120 Å². The first-order valence-corrected chi connectivity index (χ1v) is 8.34. The van der Waals surface area contributed by atoms with Gasteiger partial charge in [-0.25, -0.2) is 0 Å². The fraction of sp³-hybridized carbons (Fsp3) is 0.941. The molecule has 0 unspecified atom stereocenters. The van der Waals surface area contributed by atoms with Crippen molar-refractivity contribution in [1.82, 2.24) is 0 Å². The second-order valence-electron chi connectivity index (χ2n) is 5.54. The van der Waals surface area contributed by atoms with Gasteiger partial charge >= 0.3 is 0 Å². The minimum absolute atomic E-state index is 0.754. The van der Waals surface area contributed by atoms with Gasteiger partial charge in [0.1, 0.15) is 6.29 Å². The van der Waals surface area contributed by atoms with Crippen molar-refractivity contribution < 1.29 is 9.53 Å². The molecule has 0 atom stereocenters. The molecule has 0 heterocycles. The van der Waals surface area contributed by atoms with Crippen LogP contribution in [0.2, 0.25) is 0 Å². The molecule has 2 nitrogen and oxygen atoms in total. The first-order chi connectivity index (χ1) is 9.41. The average Bonchev–Trinajstić information content (AvgIpc) is 2.43. The molecule has 0 aromatic heterocycles. The van der Waals surface area contributed by atoms with Crippen molar-refractivity contribution >= 4 is 6.29 Å². The van der Waals surface area contributed by atoms with E-state index in [0.29, 0.717) is 0 Å². The normalized spacial score (nSPS) is 10.8. The molecule has 0 radical (unpaired) electrons. The Bertz CT molecular complexity index is 169. The van der Waals surface area contributed by atoms with Gasteiger partial charge in [-0.1, -0.05) is 70.6 Å². The number of carbonyl (C=O) groups excluding carboxylic acids is 1. The van der Waals surface area contributed by atoms with E-state index in [9.17, 15) is 4.79 Å². The van der Waals surface area contributed by atoms with Crippen LogP contribution in [0.15, 0.2) is 0 Å². The summed E-state index contributed by atoms with van der Waals surface area (Å²) in [6.07, 6.45) is 19.1. The molecular weight excluding hydrogens is 236 g/mol. The molecule has 0 bridgehead atoms. The predicted molar refractivity (Wildman–Crippen MR) is 82.6 cm³/mol. The Morgan fingerprint density at radius 3 is 1.37 bits per heavy atom. The van der Waals surface area contributed by atoms with Crippen LogP contribution in [0.1, 0.15) is 89.9 Å². The summed E-state index contributed by atoms with van der Waals surface area (Å²) >= 11 is 0. The van der Waals surface area contributed by atoms with Gasteiger partial charge in [0.2, 0.25) is 0 Å².